The van der Waals surface area contributed by atoms with E-state index in [4.69, 9.17) is 11.6 Å². The number of halogens is 1. The Kier molecular flexibility index (Phi) is 3.46. The molecule has 1 radical (unpaired) electrons. The lowest BCUT2D eigenvalue weighted by molar-refractivity contribution is -0.136. The Balaban J connectivity index is 2.59. The smallest absolute Gasteiger partial charge is 0.383 e. The van der Waals surface area contributed by atoms with Crippen LogP contribution in [-0.4, -0.2) is 12.3 Å². The third-order valence-electron chi connectivity index (χ3n) is 1.40. The topological polar surface area (TPSA) is 43.4 Å². The van der Waals surface area contributed by atoms with E-state index in [2.05, 4.69) is 4.74 Å². The summed E-state index contributed by atoms with van der Waals surface area (Å²) in [6, 6.07) is 6.91. The van der Waals surface area contributed by atoms with Gasteiger partial charge < -0.3 is 4.74 Å². The maximum absolute atomic E-state index is 10.4. The van der Waals surface area contributed by atoms with Crippen LogP contribution >= 0.6 is 11.6 Å². The molecule has 0 fully saturated rings. The fourth-order valence-electron chi connectivity index (χ4n) is 0.788. The third-order valence-corrected chi connectivity index (χ3v) is 1.77. The summed E-state index contributed by atoms with van der Waals surface area (Å²) < 4.78 is 4.51. The predicted molar refractivity (Wildman–Crippen MR) is 46.9 cm³/mol. The van der Waals surface area contributed by atoms with Crippen LogP contribution in [0.5, 0.6) is 0 Å². The van der Waals surface area contributed by atoms with Crippen LogP contribution in [0.4, 0.5) is 0 Å². The summed E-state index contributed by atoms with van der Waals surface area (Å²) in [6.07, 6.45) is 1.10. The molecule has 0 saturated carbocycles. The van der Waals surface area contributed by atoms with Gasteiger partial charge in [0.25, 0.3) is 0 Å². The molecule has 0 aromatic heterocycles. The molecule has 0 unspecified atom stereocenters. The van der Waals surface area contributed by atoms with E-state index in [0.29, 0.717) is 10.6 Å². The van der Waals surface area contributed by atoms with Crippen molar-refractivity contribution in [2.45, 2.75) is 6.61 Å². The molecule has 67 valence electrons. The molecule has 0 amide bonds. The molecule has 0 saturated heterocycles. The number of ether oxygens (including phenoxy) is 1. The lowest BCUT2D eigenvalue weighted by Crippen LogP contribution is -2.05. The number of benzene rings is 1. The fraction of sp³-hybridized carbons (Fsp3) is 0.111. The Hall–Kier alpha value is -1.35. The third kappa shape index (κ3) is 2.87. The minimum Gasteiger partial charge on any atom is -0.455 e. The second-order valence-electron chi connectivity index (χ2n) is 2.27. The van der Waals surface area contributed by atoms with Crippen molar-refractivity contribution in [1.29, 1.82) is 0 Å². The van der Waals surface area contributed by atoms with Gasteiger partial charge in [0, 0.05) is 10.6 Å². The molecule has 0 aliphatic heterocycles. The zero-order valence-electron chi connectivity index (χ0n) is 6.62. The SMILES string of the molecule is O=[C]C(=O)OCc1ccccc1Cl. The first kappa shape index (κ1) is 9.74. The number of carbonyl (C=O) groups is 1. The van der Waals surface area contributed by atoms with Gasteiger partial charge in [-0.25, -0.2) is 4.79 Å². The van der Waals surface area contributed by atoms with Gasteiger partial charge in [0.2, 0.25) is 0 Å². The second kappa shape index (κ2) is 4.62. The molecule has 13 heavy (non-hydrogen) atoms. The van der Waals surface area contributed by atoms with Crippen LogP contribution in [0.2, 0.25) is 5.02 Å². The van der Waals surface area contributed by atoms with Crippen LogP contribution < -0.4 is 0 Å². The quantitative estimate of drug-likeness (QED) is 0.545. The van der Waals surface area contributed by atoms with E-state index in [9.17, 15) is 9.59 Å². The van der Waals surface area contributed by atoms with Crippen molar-refractivity contribution in [2.24, 2.45) is 0 Å². The summed E-state index contributed by atoms with van der Waals surface area (Å²) >= 11 is 5.76. The normalized spacial score (nSPS) is 9.31. The van der Waals surface area contributed by atoms with Crippen LogP contribution in [0.3, 0.4) is 0 Å². The Morgan fingerprint density at radius 3 is 2.77 bits per heavy atom. The van der Waals surface area contributed by atoms with Crippen molar-refractivity contribution < 1.29 is 14.3 Å². The molecule has 0 atom stereocenters. The zero-order chi connectivity index (χ0) is 9.68. The van der Waals surface area contributed by atoms with E-state index in [1.807, 2.05) is 0 Å². The first-order valence-corrected chi connectivity index (χ1v) is 3.90. The maximum Gasteiger partial charge on any atom is 0.383 e. The van der Waals surface area contributed by atoms with Gasteiger partial charge in [0.05, 0.1) is 0 Å². The largest absolute Gasteiger partial charge is 0.455 e. The van der Waals surface area contributed by atoms with E-state index in [1.54, 1.807) is 24.3 Å². The minimum absolute atomic E-state index is 0.00620. The number of rotatable bonds is 3. The van der Waals surface area contributed by atoms with Crippen LogP contribution in [-0.2, 0) is 20.9 Å². The Bertz CT molecular complexity index is 322. The summed E-state index contributed by atoms with van der Waals surface area (Å²) in [4.78, 5) is 20.2. The minimum atomic E-state index is -1.01. The Labute approximate surface area is 80.3 Å². The lowest BCUT2D eigenvalue weighted by Gasteiger charge is -2.02. The van der Waals surface area contributed by atoms with Crippen LogP contribution in [0.1, 0.15) is 5.56 Å². The van der Waals surface area contributed by atoms with Crippen LogP contribution in [0, 0.1) is 0 Å². The summed E-state index contributed by atoms with van der Waals surface area (Å²) in [5, 5.41) is 0.501. The molecule has 0 heterocycles. The van der Waals surface area contributed by atoms with Gasteiger partial charge in [0.15, 0.2) is 0 Å². The summed E-state index contributed by atoms with van der Waals surface area (Å²) in [7, 11) is 0. The first-order valence-electron chi connectivity index (χ1n) is 3.52. The van der Waals surface area contributed by atoms with E-state index in [0.717, 1.165) is 6.29 Å². The van der Waals surface area contributed by atoms with E-state index < -0.39 is 5.97 Å². The predicted octanol–water partition coefficient (Wildman–Crippen LogP) is 1.49. The fourth-order valence-corrected chi connectivity index (χ4v) is 0.979. The summed E-state index contributed by atoms with van der Waals surface area (Å²) in [5.41, 5.74) is 0.660. The summed E-state index contributed by atoms with van der Waals surface area (Å²) in [6.45, 7) is -0.00620. The van der Waals surface area contributed by atoms with E-state index in [1.165, 1.54) is 0 Å². The van der Waals surface area contributed by atoms with Crippen molar-refractivity contribution in [3.05, 3.63) is 34.9 Å². The molecule has 0 spiro atoms. The molecule has 1 aromatic carbocycles. The van der Waals surface area contributed by atoms with Gasteiger partial charge in [-0.1, -0.05) is 29.8 Å². The van der Waals surface area contributed by atoms with Crippen LogP contribution in [0.25, 0.3) is 0 Å². The lowest BCUT2D eigenvalue weighted by atomic mass is 10.2. The Morgan fingerprint density at radius 1 is 1.46 bits per heavy atom. The molecule has 1 aromatic rings. The Morgan fingerprint density at radius 2 is 2.15 bits per heavy atom. The highest BCUT2D eigenvalue weighted by atomic mass is 35.5. The standard InChI is InChI=1S/C9H6ClO3/c10-8-4-2-1-3-7(8)6-13-9(12)5-11/h1-4H,6H2. The van der Waals surface area contributed by atoms with Gasteiger partial charge in [-0.3, -0.25) is 4.79 Å². The number of esters is 1. The van der Waals surface area contributed by atoms with Gasteiger partial charge >= 0.3 is 12.3 Å². The molecule has 4 heteroatoms. The average Bonchev–Trinajstić information content (AvgIpc) is 2.16. The molecule has 0 aliphatic carbocycles. The van der Waals surface area contributed by atoms with E-state index >= 15 is 0 Å². The molecular weight excluding hydrogens is 192 g/mol. The van der Waals surface area contributed by atoms with Crippen LogP contribution in [0.15, 0.2) is 24.3 Å². The molecular formula is C9H6ClO3. The molecule has 1 rings (SSSR count). The monoisotopic (exact) mass is 197 g/mol. The number of hydrogen-bond acceptors (Lipinski definition) is 3. The van der Waals surface area contributed by atoms with Crippen molar-refractivity contribution in [3.63, 3.8) is 0 Å². The van der Waals surface area contributed by atoms with Gasteiger partial charge in [-0.2, -0.15) is 0 Å². The van der Waals surface area contributed by atoms with Gasteiger partial charge in [0.1, 0.15) is 6.61 Å². The number of carbonyl (C=O) groups excluding carboxylic acids is 2. The van der Waals surface area contributed by atoms with Crippen molar-refractivity contribution in [2.75, 3.05) is 0 Å². The van der Waals surface area contributed by atoms with E-state index in [-0.39, 0.29) is 6.61 Å². The highest BCUT2D eigenvalue weighted by molar-refractivity contribution is 6.31. The van der Waals surface area contributed by atoms with Gasteiger partial charge in [-0.15, -0.1) is 0 Å². The van der Waals surface area contributed by atoms with Crippen molar-refractivity contribution >= 4 is 23.9 Å². The van der Waals surface area contributed by atoms with Crippen molar-refractivity contribution in [1.82, 2.24) is 0 Å². The summed E-state index contributed by atoms with van der Waals surface area (Å²) in [5.74, 6) is -1.01. The maximum atomic E-state index is 10.4. The average molecular weight is 198 g/mol. The number of hydrogen-bond donors (Lipinski definition) is 0. The molecule has 0 aliphatic rings. The second-order valence-corrected chi connectivity index (χ2v) is 2.68. The first-order chi connectivity index (χ1) is 6.24. The molecule has 3 nitrogen and oxygen atoms in total. The zero-order valence-corrected chi connectivity index (χ0v) is 7.38. The van der Waals surface area contributed by atoms with Gasteiger partial charge in [-0.05, 0) is 6.07 Å². The highest BCUT2D eigenvalue weighted by Gasteiger charge is 2.03. The highest BCUT2D eigenvalue weighted by Crippen LogP contribution is 2.15. The molecule has 0 bridgehead atoms. The van der Waals surface area contributed by atoms with Crippen molar-refractivity contribution in [3.8, 4) is 0 Å². The molecule has 0 N–H and O–H groups in total.